The molecule has 0 radical (unpaired) electrons. The second-order valence-corrected chi connectivity index (χ2v) is 4.12. The number of carbonyl (C=O) groups is 2. The molecular formula is C6H8Na2O12P2. The van der Waals surface area contributed by atoms with Crippen LogP contribution in [0.4, 0.5) is 0 Å². The fourth-order valence-corrected chi connectivity index (χ4v) is 0.925. The number of carboxylic acids is 2. The van der Waals surface area contributed by atoms with E-state index in [0.717, 1.165) is 0 Å². The van der Waals surface area contributed by atoms with Gasteiger partial charge in [0.2, 0.25) is 0 Å². The zero-order valence-corrected chi connectivity index (χ0v) is 17.2. The Kier molecular flexibility index (Phi) is 25.5. The van der Waals surface area contributed by atoms with E-state index in [1.807, 2.05) is 0 Å². The van der Waals surface area contributed by atoms with Gasteiger partial charge in [-0.25, -0.2) is 0 Å². The molecule has 0 aliphatic carbocycles. The fourth-order valence-electron chi connectivity index (χ4n) is 0.399. The zero-order chi connectivity index (χ0) is 16.3. The molecule has 0 saturated heterocycles. The Morgan fingerprint density at radius 1 is 0.864 bits per heavy atom. The van der Waals surface area contributed by atoms with Gasteiger partial charge in [-0.05, 0) is 9.13 Å². The number of rotatable bonds is 8. The van der Waals surface area contributed by atoms with E-state index in [9.17, 15) is 38.7 Å². The van der Waals surface area contributed by atoms with Crippen molar-refractivity contribution in [2.24, 2.45) is 0 Å². The van der Waals surface area contributed by atoms with Gasteiger partial charge < -0.3 is 39.8 Å². The molecule has 0 aromatic heterocycles. The molecule has 0 aliphatic rings. The van der Waals surface area contributed by atoms with Crippen molar-refractivity contribution < 1.29 is 117 Å². The van der Waals surface area contributed by atoms with E-state index in [1.54, 1.807) is 0 Å². The second-order valence-electron chi connectivity index (χ2n) is 2.71. The number of aliphatic hydroxyl groups is 2. The number of aliphatic hydroxyl groups excluding tert-OH is 2. The van der Waals surface area contributed by atoms with Crippen molar-refractivity contribution in [3.05, 3.63) is 0 Å². The Labute approximate surface area is 169 Å². The number of carboxylic acid groups (broad SMARTS) is 2. The Morgan fingerprint density at radius 2 is 1.09 bits per heavy atom. The predicted molar refractivity (Wildman–Crippen MR) is 49.1 cm³/mol. The molecule has 22 heavy (non-hydrogen) atoms. The van der Waals surface area contributed by atoms with Crippen molar-refractivity contribution in [3.63, 3.8) is 0 Å². The minimum Gasteiger partial charge on any atom is -0.566 e. The van der Waals surface area contributed by atoms with Crippen LogP contribution in [0.15, 0.2) is 0 Å². The third-order valence-electron chi connectivity index (χ3n) is 1.22. The standard InChI is InChI=1S/2C3H5O6P.2Na/c2*4-2(3(5)6)1-9-10(7)8;;/h2*2,4H,1H2,(H,5,6);;/q;;2*+1/p-2. The number of carbonyl (C=O) groups excluding carboxylic acids is 2. The van der Waals surface area contributed by atoms with Gasteiger partial charge in [0, 0.05) is 0 Å². The smallest absolute Gasteiger partial charge is 0.566 e. The molecule has 0 heterocycles. The molecule has 4 atom stereocenters. The van der Waals surface area contributed by atoms with Crippen LogP contribution < -0.4 is 79.1 Å². The van der Waals surface area contributed by atoms with E-state index in [1.165, 1.54) is 0 Å². The third kappa shape index (κ3) is 23.2. The monoisotopic (exact) mass is 380 g/mol. The summed E-state index contributed by atoms with van der Waals surface area (Å²) in [4.78, 5) is 38.6. The van der Waals surface area contributed by atoms with Crippen LogP contribution in [0.3, 0.4) is 0 Å². The van der Waals surface area contributed by atoms with Gasteiger partial charge in [-0.3, -0.25) is 0 Å². The predicted octanol–water partition coefficient (Wildman–Crippen LogP) is -11.7. The minimum atomic E-state index is -3.11. The Hall–Kier alpha value is 0.900. The van der Waals surface area contributed by atoms with Crippen molar-refractivity contribution in [3.8, 4) is 0 Å². The van der Waals surface area contributed by atoms with Crippen LogP contribution in [0.2, 0.25) is 0 Å². The summed E-state index contributed by atoms with van der Waals surface area (Å²) in [5, 5.41) is 36.0. The van der Waals surface area contributed by atoms with E-state index in [2.05, 4.69) is 9.05 Å². The minimum absolute atomic E-state index is 0. The van der Waals surface area contributed by atoms with Crippen molar-refractivity contribution in [2.75, 3.05) is 13.2 Å². The molecule has 4 unspecified atom stereocenters. The molecule has 0 saturated carbocycles. The van der Waals surface area contributed by atoms with Crippen molar-refractivity contribution in [1.29, 1.82) is 0 Å². The summed E-state index contributed by atoms with van der Waals surface area (Å²) in [6.07, 6.45) is -3.79. The van der Waals surface area contributed by atoms with Crippen LogP contribution in [0.1, 0.15) is 0 Å². The SMILES string of the molecule is O=C([O-])C(O)CO[P+](=O)[O-].O=C([O-])C(O)CO[P+](=O)[O-].[Na+].[Na+]. The van der Waals surface area contributed by atoms with Crippen LogP contribution in [-0.2, 0) is 27.8 Å². The molecule has 0 aliphatic heterocycles. The van der Waals surface area contributed by atoms with Crippen LogP contribution in [0, 0.1) is 0 Å². The van der Waals surface area contributed by atoms with Crippen molar-refractivity contribution in [2.45, 2.75) is 12.2 Å². The summed E-state index contributed by atoms with van der Waals surface area (Å²) in [5.74, 6) is -3.53. The van der Waals surface area contributed by atoms with E-state index >= 15 is 0 Å². The Morgan fingerprint density at radius 3 is 1.23 bits per heavy atom. The molecule has 0 bridgehead atoms. The molecule has 116 valence electrons. The first kappa shape index (κ1) is 30.7. The summed E-state index contributed by atoms with van der Waals surface area (Å²) in [5.41, 5.74) is 0. The first-order valence-electron chi connectivity index (χ1n) is 4.40. The average Bonchev–Trinajstić information content (AvgIpc) is 2.33. The first-order chi connectivity index (χ1) is 9.07. The maximum atomic E-state index is 9.67. The van der Waals surface area contributed by atoms with Gasteiger partial charge in [0.1, 0.15) is 25.4 Å². The van der Waals surface area contributed by atoms with E-state index in [0.29, 0.717) is 0 Å². The molecule has 0 aromatic rings. The Balaban J connectivity index is -0.000000135. The van der Waals surface area contributed by atoms with Gasteiger partial charge in [0.15, 0.2) is 0 Å². The Bertz CT molecular complexity index is 332. The maximum Gasteiger partial charge on any atom is 1.00 e. The molecule has 0 spiro atoms. The summed E-state index contributed by atoms with van der Waals surface area (Å²) >= 11 is 0. The van der Waals surface area contributed by atoms with Crippen LogP contribution in [0.5, 0.6) is 0 Å². The van der Waals surface area contributed by atoms with Crippen LogP contribution in [0.25, 0.3) is 0 Å². The van der Waals surface area contributed by atoms with Gasteiger partial charge in [-0.2, -0.15) is 0 Å². The third-order valence-corrected chi connectivity index (χ3v) is 1.94. The number of hydrogen-bond acceptors (Lipinski definition) is 12. The van der Waals surface area contributed by atoms with Gasteiger partial charge >= 0.3 is 75.6 Å². The number of aliphatic carboxylic acids is 2. The molecule has 2 N–H and O–H groups in total. The summed E-state index contributed by atoms with van der Waals surface area (Å²) < 4.78 is 26.7. The first-order valence-corrected chi connectivity index (χ1v) is 6.59. The molecule has 16 heteroatoms. The van der Waals surface area contributed by atoms with E-state index < -0.39 is 53.9 Å². The number of hydrogen-bond donors (Lipinski definition) is 2. The fraction of sp³-hybridized carbons (Fsp3) is 0.667. The van der Waals surface area contributed by atoms with Crippen LogP contribution in [-0.4, -0.2) is 47.6 Å². The van der Waals surface area contributed by atoms with Crippen molar-refractivity contribution >= 4 is 28.4 Å². The largest absolute Gasteiger partial charge is 1.00 e. The normalized spacial score (nSPS) is 13.1. The van der Waals surface area contributed by atoms with E-state index in [-0.39, 0.29) is 59.1 Å². The van der Waals surface area contributed by atoms with E-state index in [4.69, 9.17) is 10.2 Å². The van der Waals surface area contributed by atoms with Gasteiger partial charge in [-0.15, -0.1) is 9.05 Å². The molecular weight excluding hydrogens is 372 g/mol. The maximum absolute atomic E-state index is 9.67. The van der Waals surface area contributed by atoms with Gasteiger partial charge in [0.25, 0.3) is 0 Å². The summed E-state index contributed by atoms with van der Waals surface area (Å²) in [7, 11) is -6.22. The summed E-state index contributed by atoms with van der Waals surface area (Å²) in [6, 6.07) is 0. The van der Waals surface area contributed by atoms with Gasteiger partial charge in [-0.1, -0.05) is 0 Å². The topological polar surface area (TPSA) is 219 Å². The molecule has 0 aromatic carbocycles. The molecule has 0 amide bonds. The molecule has 0 fully saturated rings. The van der Waals surface area contributed by atoms with Gasteiger partial charge in [0.05, 0.1) is 11.9 Å². The second kappa shape index (κ2) is 18.2. The van der Waals surface area contributed by atoms with Crippen LogP contribution >= 0.6 is 16.5 Å². The quantitative estimate of drug-likeness (QED) is 0.296. The summed E-state index contributed by atoms with van der Waals surface area (Å²) in [6.45, 7) is -1.61. The molecule has 0 rings (SSSR count). The molecule has 12 nitrogen and oxygen atoms in total. The average molecular weight is 380 g/mol. The zero-order valence-electron chi connectivity index (χ0n) is 11.4. The van der Waals surface area contributed by atoms with Crippen molar-refractivity contribution in [1.82, 2.24) is 0 Å².